The molecule has 6 heteroatoms. The van der Waals surface area contributed by atoms with Crippen molar-refractivity contribution in [3.63, 3.8) is 0 Å². The molecule has 0 aliphatic heterocycles. The van der Waals surface area contributed by atoms with Gasteiger partial charge in [-0.05, 0) is 55.0 Å². The SMILES string of the molecule is CCCNc1ccc(Nc2ccccc2)c2c1C(=O)c1c(Nc3ccccc3)ccc(O)c1C2=O. The highest BCUT2D eigenvalue weighted by atomic mass is 16.3. The molecule has 1 aliphatic rings. The van der Waals surface area contributed by atoms with Crippen LogP contribution in [0.2, 0.25) is 0 Å². The fourth-order valence-corrected chi connectivity index (χ4v) is 4.35. The van der Waals surface area contributed by atoms with Gasteiger partial charge in [-0.1, -0.05) is 43.3 Å². The van der Waals surface area contributed by atoms with Crippen molar-refractivity contribution in [3.8, 4) is 5.75 Å². The maximum absolute atomic E-state index is 14.0. The number of anilines is 5. The van der Waals surface area contributed by atoms with Crippen LogP contribution in [0.5, 0.6) is 5.75 Å². The van der Waals surface area contributed by atoms with E-state index in [4.69, 9.17) is 0 Å². The second-order valence-corrected chi connectivity index (χ2v) is 8.36. The lowest BCUT2D eigenvalue weighted by atomic mass is 9.80. The molecule has 0 saturated carbocycles. The van der Waals surface area contributed by atoms with Gasteiger partial charge in [0.05, 0.1) is 33.6 Å². The van der Waals surface area contributed by atoms with Crippen LogP contribution in [0.4, 0.5) is 28.4 Å². The number of carbonyl (C=O) groups excluding carboxylic acids is 2. The van der Waals surface area contributed by atoms with Crippen molar-refractivity contribution in [3.05, 3.63) is 107 Å². The number of rotatable bonds is 7. The van der Waals surface area contributed by atoms with Crippen molar-refractivity contribution in [2.75, 3.05) is 22.5 Å². The van der Waals surface area contributed by atoms with Gasteiger partial charge in [-0.15, -0.1) is 0 Å². The molecule has 0 amide bonds. The van der Waals surface area contributed by atoms with E-state index in [-0.39, 0.29) is 28.2 Å². The standard InChI is InChI=1S/C29H25N3O3/c1-2-17-30-20-13-14-21(31-18-9-5-3-6-10-18)25-24(20)28(34)26-22(32-19-11-7-4-8-12-19)15-16-23(33)27(26)29(25)35/h3-16,30-33H,2,17H2,1H3. The predicted molar refractivity (Wildman–Crippen MR) is 140 cm³/mol. The Kier molecular flexibility index (Phi) is 5.94. The number of phenols is 1. The number of aromatic hydroxyl groups is 1. The van der Waals surface area contributed by atoms with E-state index in [1.807, 2.05) is 73.7 Å². The number of ketones is 2. The molecule has 0 radical (unpaired) electrons. The van der Waals surface area contributed by atoms with Crippen molar-refractivity contribution in [1.29, 1.82) is 0 Å². The molecule has 1 aliphatic carbocycles. The highest BCUT2D eigenvalue weighted by Crippen LogP contribution is 2.43. The molecule has 0 unspecified atom stereocenters. The number of fused-ring (bicyclic) bond motifs is 2. The van der Waals surface area contributed by atoms with Crippen molar-refractivity contribution in [2.24, 2.45) is 0 Å². The smallest absolute Gasteiger partial charge is 0.200 e. The van der Waals surface area contributed by atoms with Crippen LogP contribution in [0.25, 0.3) is 0 Å². The normalized spacial score (nSPS) is 12.0. The van der Waals surface area contributed by atoms with E-state index in [1.54, 1.807) is 12.1 Å². The molecule has 5 rings (SSSR count). The first-order valence-electron chi connectivity index (χ1n) is 11.6. The van der Waals surface area contributed by atoms with E-state index in [1.165, 1.54) is 6.07 Å². The second-order valence-electron chi connectivity index (χ2n) is 8.36. The predicted octanol–water partition coefficient (Wildman–Crippen LogP) is 6.48. The Morgan fingerprint density at radius 1 is 0.600 bits per heavy atom. The van der Waals surface area contributed by atoms with Gasteiger partial charge in [0.1, 0.15) is 5.75 Å². The van der Waals surface area contributed by atoms with Crippen LogP contribution >= 0.6 is 0 Å². The third-order valence-corrected chi connectivity index (χ3v) is 5.97. The summed E-state index contributed by atoms with van der Waals surface area (Å²) in [5.74, 6) is -0.943. The molecule has 0 fully saturated rings. The maximum atomic E-state index is 14.0. The molecule has 4 N–H and O–H groups in total. The number of nitrogens with one attached hydrogen (secondary N) is 3. The number of hydrogen-bond donors (Lipinski definition) is 4. The molecule has 0 heterocycles. The number of carbonyl (C=O) groups is 2. The van der Waals surface area contributed by atoms with Crippen LogP contribution in [-0.2, 0) is 0 Å². The van der Waals surface area contributed by atoms with Gasteiger partial charge in [-0.3, -0.25) is 9.59 Å². The number of para-hydroxylation sites is 2. The fraction of sp³-hybridized carbons (Fsp3) is 0.103. The minimum atomic E-state index is -0.401. The first-order valence-corrected chi connectivity index (χ1v) is 11.6. The Bertz CT molecular complexity index is 1420. The Morgan fingerprint density at radius 2 is 1.06 bits per heavy atom. The second kappa shape index (κ2) is 9.35. The average molecular weight is 464 g/mol. The van der Waals surface area contributed by atoms with Crippen molar-refractivity contribution in [1.82, 2.24) is 0 Å². The van der Waals surface area contributed by atoms with E-state index in [0.717, 1.165) is 17.8 Å². The Morgan fingerprint density at radius 3 is 1.63 bits per heavy atom. The van der Waals surface area contributed by atoms with Gasteiger partial charge in [-0.25, -0.2) is 0 Å². The fourth-order valence-electron chi connectivity index (χ4n) is 4.35. The molecular weight excluding hydrogens is 438 g/mol. The van der Waals surface area contributed by atoms with Gasteiger partial charge >= 0.3 is 0 Å². The van der Waals surface area contributed by atoms with E-state index < -0.39 is 5.78 Å². The zero-order valence-corrected chi connectivity index (χ0v) is 19.3. The summed E-state index contributed by atoms with van der Waals surface area (Å²) in [6, 6.07) is 25.6. The summed E-state index contributed by atoms with van der Waals surface area (Å²) in [6.45, 7) is 2.69. The highest BCUT2D eigenvalue weighted by Gasteiger charge is 2.37. The zero-order chi connectivity index (χ0) is 24.4. The largest absolute Gasteiger partial charge is 0.507 e. The van der Waals surface area contributed by atoms with Crippen LogP contribution in [0.15, 0.2) is 84.9 Å². The quantitative estimate of drug-likeness (QED) is 0.207. The summed E-state index contributed by atoms with van der Waals surface area (Å²) >= 11 is 0. The summed E-state index contributed by atoms with van der Waals surface area (Å²) in [4.78, 5) is 27.9. The van der Waals surface area contributed by atoms with Crippen molar-refractivity contribution >= 4 is 40.0 Å². The van der Waals surface area contributed by atoms with Gasteiger partial charge in [0.2, 0.25) is 0 Å². The van der Waals surface area contributed by atoms with E-state index >= 15 is 0 Å². The van der Waals surface area contributed by atoms with E-state index in [2.05, 4.69) is 16.0 Å². The van der Waals surface area contributed by atoms with Crippen LogP contribution in [0.3, 0.4) is 0 Å². The number of hydrogen-bond acceptors (Lipinski definition) is 6. The summed E-state index contributed by atoms with van der Waals surface area (Å²) < 4.78 is 0. The maximum Gasteiger partial charge on any atom is 0.200 e. The zero-order valence-electron chi connectivity index (χ0n) is 19.3. The Balaban J connectivity index is 1.68. The average Bonchev–Trinajstić information content (AvgIpc) is 2.88. The molecule has 0 bridgehead atoms. The molecular formula is C29H25N3O3. The first kappa shape index (κ1) is 22.2. The molecule has 0 aromatic heterocycles. The van der Waals surface area contributed by atoms with Crippen LogP contribution in [0.1, 0.15) is 45.2 Å². The van der Waals surface area contributed by atoms with E-state index in [9.17, 15) is 14.7 Å². The number of phenolic OH excluding ortho intramolecular Hbond substituents is 1. The van der Waals surface area contributed by atoms with Gasteiger partial charge in [-0.2, -0.15) is 0 Å². The van der Waals surface area contributed by atoms with Gasteiger partial charge in [0, 0.05) is 23.6 Å². The molecule has 174 valence electrons. The molecule has 4 aromatic carbocycles. The van der Waals surface area contributed by atoms with Gasteiger partial charge in [0.25, 0.3) is 0 Å². The topological polar surface area (TPSA) is 90.5 Å². The summed E-state index contributed by atoms with van der Waals surface area (Å²) in [5.41, 5.74) is 3.87. The third-order valence-electron chi connectivity index (χ3n) is 5.97. The Labute approximate surface area is 203 Å². The molecule has 0 saturated heterocycles. The van der Waals surface area contributed by atoms with Crippen LogP contribution < -0.4 is 16.0 Å². The van der Waals surface area contributed by atoms with E-state index in [0.29, 0.717) is 29.2 Å². The molecule has 0 atom stereocenters. The third kappa shape index (κ3) is 4.10. The lowest BCUT2D eigenvalue weighted by molar-refractivity contribution is 0.0978. The minimum Gasteiger partial charge on any atom is -0.507 e. The summed E-state index contributed by atoms with van der Waals surface area (Å²) in [7, 11) is 0. The van der Waals surface area contributed by atoms with Crippen LogP contribution in [-0.4, -0.2) is 23.2 Å². The first-order chi connectivity index (χ1) is 17.1. The lowest BCUT2D eigenvalue weighted by Crippen LogP contribution is -2.25. The van der Waals surface area contributed by atoms with Gasteiger partial charge < -0.3 is 21.1 Å². The Hall–Kier alpha value is -4.58. The highest BCUT2D eigenvalue weighted by molar-refractivity contribution is 6.34. The lowest BCUT2D eigenvalue weighted by Gasteiger charge is -2.26. The molecule has 4 aromatic rings. The minimum absolute atomic E-state index is 0.00665. The van der Waals surface area contributed by atoms with Gasteiger partial charge in [0.15, 0.2) is 11.6 Å². The molecule has 6 nitrogen and oxygen atoms in total. The van der Waals surface area contributed by atoms with Crippen molar-refractivity contribution in [2.45, 2.75) is 13.3 Å². The van der Waals surface area contributed by atoms with Crippen molar-refractivity contribution < 1.29 is 14.7 Å². The monoisotopic (exact) mass is 463 g/mol. The summed E-state index contributed by atoms with van der Waals surface area (Å²) in [6.07, 6.45) is 0.860. The number of benzene rings is 4. The summed E-state index contributed by atoms with van der Waals surface area (Å²) in [5, 5.41) is 20.5. The molecule has 35 heavy (non-hydrogen) atoms. The van der Waals surface area contributed by atoms with Crippen LogP contribution in [0, 0.1) is 0 Å². The molecule has 0 spiro atoms.